The highest BCUT2D eigenvalue weighted by atomic mass is 32.2. The minimum Gasteiger partial charge on any atom is -0.330 e. The average Bonchev–Trinajstić information content (AvgIpc) is 2.16. The first-order valence-corrected chi connectivity index (χ1v) is 5.63. The Morgan fingerprint density at radius 2 is 2.21 bits per heavy atom. The summed E-state index contributed by atoms with van der Waals surface area (Å²) in [6, 6.07) is 0. The van der Waals surface area contributed by atoms with Crippen LogP contribution >= 0.6 is 0 Å². The summed E-state index contributed by atoms with van der Waals surface area (Å²) in [5, 5.41) is 6.97. The van der Waals surface area contributed by atoms with Crippen molar-refractivity contribution in [3.05, 3.63) is 12.4 Å². The molecule has 0 radical (unpaired) electrons. The van der Waals surface area contributed by atoms with E-state index in [-0.39, 0.29) is 11.7 Å². The summed E-state index contributed by atoms with van der Waals surface area (Å²) < 4.78 is 24.8. The van der Waals surface area contributed by atoms with Crippen molar-refractivity contribution in [3.8, 4) is 0 Å². The van der Waals surface area contributed by atoms with Gasteiger partial charge in [0.25, 0.3) is 5.95 Å². The molecule has 7 nitrogen and oxygen atoms in total. The fourth-order valence-electron chi connectivity index (χ4n) is 0.758. The molecule has 0 aliphatic heterocycles. The first kappa shape index (κ1) is 10.8. The zero-order chi connectivity index (χ0) is 10.4. The van der Waals surface area contributed by atoms with Gasteiger partial charge in [0.1, 0.15) is 0 Å². The molecule has 3 N–H and O–H groups in total. The Morgan fingerprint density at radius 3 is 2.79 bits per heavy atom. The first-order chi connectivity index (χ1) is 6.64. The van der Waals surface area contributed by atoms with Gasteiger partial charge in [0, 0.05) is 0 Å². The molecule has 0 saturated carbocycles. The van der Waals surface area contributed by atoms with Crippen molar-refractivity contribution >= 4 is 16.0 Å². The summed E-state index contributed by atoms with van der Waals surface area (Å²) in [4.78, 5) is 3.68. The van der Waals surface area contributed by atoms with Crippen LogP contribution in [0.25, 0.3) is 0 Å². The van der Waals surface area contributed by atoms with Crippen molar-refractivity contribution < 1.29 is 8.42 Å². The molecular weight excluding hydrogens is 206 g/mol. The lowest BCUT2D eigenvalue weighted by molar-refractivity contribution is 0.598. The number of rotatable bonds is 5. The van der Waals surface area contributed by atoms with E-state index in [1.807, 2.05) is 0 Å². The van der Waals surface area contributed by atoms with Crippen LogP contribution in [0.3, 0.4) is 0 Å². The maximum absolute atomic E-state index is 11.3. The molecule has 1 heterocycles. The highest BCUT2D eigenvalue weighted by molar-refractivity contribution is 7.92. The van der Waals surface area contributed by atoms with Crippen LogP contribution in [0.4, 0.5) is 5.95 Å². The van der Waals surface area contributed by atoms with Crippen LogP contribution in [0.15, 0.2) is 12.4 Å². The zero-order valence-corrected chi connectivity index (χ0v) is 8.24. The predicted octanol–water partition coefficient (Wildman–Crippen LogP) is -1.04. The van der Waals surface area contributed by atoms with Crippen molar-refractivity contribution in [1.82, 2.24) is 15.2 Å². The van der Waals surface area contributed by atoms with Crippen molar-refractivity contribution in [1.29, 1.82) is 0 Å². The molecule has 0 amide bonds. The van der Waals surface area contributed by atoms with Crippen molar-refractivity contribution in [2.75, 3.05) is 17.0 Å². The van der Waals surface area contributed by atoms with Crippen LogP contribution in [0, 0.1) is 0 Å². The summed E-state index contributed by atoms with van der Waals surface area (Å²) >= 11 is 0. The Balaban J connectivity index is 2.60. The third kappa shape index (κ3) is 3.62. The monoisotopic (exact) mass is 217 g/mol. The highest BCUT2D eigenvalue weighted by Crippen LogP contribution is 1.98. The number of nitrogens with two attached hydrogens (primary N) is 1. The molecular formula is C6H11N5O2S. The second kappa shape index (κ2) is 4.82. The van der Waals surface area contributed by atoms with Crippen molar-refractivity contribution in [3.63, 3.8) is 0 Å². The van der Waals surface area contributed by atoms with E-state index in [4.69, 9.17) is 5.73 Å². The number of nitrogens with zero attached hydrogens (tertiary/aromatic N) is 3. The fraction of sp³-hybridized carbons (Fsp3) is 0.500. The normalized spacial score (nSPS) is 11.2. The van der Waals surface area contributed by atoms with Crippen molar-refractivity contribution in [2.45, 2.75) is 6.42 Å². The molecule has 14 heavy (non-hydrogen) atoms. The van der Waals surface area contributed by atoms with E-state index in [1.165, 1.54) is 12.4 Å². The van der Waals surface area contributed by atoms with Gasteiger partial charge in [-0.15, -0.1) is 5.10 Å². The molecule has 78 valence electrons. The van der Waals surface area contributed by atoms with Gasteiger partial charge < -0.3 is 5.73 Å². The quantitative estimate of drug-likeness (QED) is 0.651. The van der Waals surface area contributed by atoms with Crippen LogP contribution in [0.5, 0.6) is 0 Å². The lowest BCUT2D eigenvalue weighted by Crippen LogP contribution is -2.20. The number of anilines is 1. The summed E-state index contributed by atoms with van der Waals surface area (Å²) in [7, 11) is -3.39. The van der Waals surface area contributed by atoms with Crippen molar-refractivity contribution in [2.24, 2.45) is 5.73 Å². The van der Waals surface area contributed by atoms with Gasteiger partial charge in [0.05, 0.1) is 18.1 Å². The van der Waals surface area contributed by atoms with Crippen LogP contribution in [0.2, 0.25) is 0 Å². The molecule has 0 aromatic carbocycles. The third-order valence-electron chi connectivity index (χ3n) is 1.35. The number of aromatic nitrogens is 3. The number of nitrogens with one attached hydrogen (secondary N) is 1. The zero-order valence-electron chi connectivity index (χ0n) is 7.42. The Bertz CT molecular complexity index is 365. The van der Waals surface area contributed by atoms with Gasteiger partial charge in [-0.25, -0.2) is 18.1 Å². The molecule has 8 heteroatoms. The second-order valence-electron chi connectivity index (χ2n) is 2.53. The molecule has 1 rings (SSSR count). The first-order valence-electron chi connectivity index (χ1n) is 3.98. The molecule has 0 aliphatic carbocycles. The van der Waals surface area contributed by atoms with E-state index in [0.717, 1.165) is 0 Å². The Hall–Kier alpha value is -1.28. The molecule has 0 aliphatic rings. The maximum atomic E-state index is 11.3. The third-order valence-corrected chi connectivity index (χ3v) is 2.67. The fourth-order valence-corrected chi connectivity index (χ4v) is 1.78. The smallest absolute Gasteiger partial charge is 0.256 e. The van der Waals surface area contributed by atoms with Crippen LogP contribution in [-0.4, -0.2) is 35.9 Å². The average molecular weight is 217 g/mol. The van der Waals surface area contributed by atoms with Gasteiger partial charge in [-0.1, -0.05) is 0 Å². The summed E-state index contributed by atoms with van der Waals surface area (Å²) in [6.07, 6.45) is 3.11. The Kier molecular flexibility index (Phi) is 3.72. The molecule has 0 saturated heterocycles. The van der Waals surface area contributed by atoms with E-state index in [2.05, 4.69) is 19.9 Å². The number of hydrogen-bond acceptors (Lipinski definition) is 6. The lowest BCUT2D eigenvalue weighted by atomic mass is 10.5. The van der Waals surface area contributed by atoms with E-state index >= 15 is 0 Å². The molecule has 0 fully saturated rings. The molecule has 0 unspecified atom stereocenters. The Labute approximate surface area is 81.8 Å². The van der Waals surface area contributed by atoms with Gasteiger partial charge in [-0.3, -0.25) is 0 Å². The molecule has 0 atom stereocenters. The molecule has 1 aromatic rings. The van der Waals surface area contributed by atoms with Gasteiger partial charge >= 0.3 is 0 Å². The van der Waals surface area contributed by atoms with Gasteiger partial charge in [0.15, 0.2) is 0 Å². The topological polar surface area (TPSA) is 111 Å². The van der Waals surface area contributed by atoms with E-state index < -0.39 is 10.0 Å². The SMILES string of the molecule is NCCCS(=O)(=O)Nc1nccnn1. The predicted molar refractivity (Wildman–Crippen MR) is 50.9 cm³/mol. The van der Waals surface area contributed by atoms with Crippen LogP contribution in [0.1, 0.15) is 6.42 Å². The lowest BCUT2D eigenvalue weighted by Gasteiger charge is -2.03. The standard InChI is InChI=1S/C6H11N5O2S/c7-2-1-5-14(12,13)11-6-8-3-4-9-10-6/h3-4H,1-2,5,7H2,(H,8,10,11). The van der Waals surface area contributed by atoms with E-state index in [1.54, 1.807) is 0 Å². The molecule has 0 spiro atoms. The highest BCUT2D eigenvalue weighted by Gasteiger charge is 2.10. The van der Waals surface area contributed by atoms with Crippen LogP contribution in [-0.2, 0) is 10.0 Å². The van der Waals surface area contributed by atoms with Gasteiger partial charge in [-0.05, 0) is 13.0 Å². The summed E-state index contributed by atoms with van der Waals surface area (Å²) in [5.41, 5.74) is 5.19. The molecule has 1 aromatic heterocycles. The number of sulfonamides is 1. The largest absolute Gasteiger partial charge is 0.330 e. The Morgan fingerprint density at radius 1 is 1.43 bits per heavy atom. The van der Waals surface area contributed by atoms with Crippen LogP contribution < -0.4 is 10.5 Å². The van der Waals surface area contributed by atoms with E-state index in [9.17, 15) is 8.42 Å². The minimum atomic E-state index is -3.39. The summed E-state index contributed by atoms with van der Waals surface area (Å²) in [6.45, 7) is 0.328. The van der Waals surface area contributed by atoms with Gasteiger partial charge in [-0.2, -0.15) is 5.10 Å². The molecule has 0 bridgehead atoms. The minimum absolute atomic E-state index is 0.0236. The summed E-state index contributed by atoms with van der Waals surface area (Å²) in [5.74, 6) is -0.0635. The van der Waals surface area contributed by atoms with Gasteiger partial charge in [0.2, 0.25) is 10.0 Å². The second-order valence-corrected chi connectivity index (χ2v) is 4.37. The maximum Gasteiger partial charge on any atom is 0.256 e. The van der Waals surface area contributed by atoms with E-state index in [0.29, 0.717) is 13.0 Å². The number of hydrogen-bond donors (Lipinski definition) is 2.